The molecule has 7 nitrogen and oxygen atoms in total. The minimum Gasteiger partial charge on any atom is -0.494 e. The number of carbonyl (C=O) groups is 3. The van der Waals surface area contributed by atoms with Crippen LogP contribution in [-0.4, -0.2) is 60.5 Å². The minimum absolute atomic E-state index is 0.0305. The number of nitrogens with zero attached hydrogens (tertiary/aromatic N) is 1. The summed E-state index contributed by atoms with van der Waals surface area (Å²) < 4.78 is 10.3. The number of esters is 1. The molecule has 0 spiro atoms. The van der Waals surface area contributed by atoms with Gasteiger partial charge in [-0.2, -0.15) is 0 Å². The van der Waals surface area contributed by atoms with Gasteiger partial charge in [-0.25, -0.2) is 0 Å². The molecule has 2 rings (SSSR count). The zero-order valence-electron chi connectivity index (χ0n) is 17.1. The highest BCUT2D eigenvalue weighted by atomic mass is 32.2. The van der Waals surface area contributed by atoms with Crippen LogP contribution in [0.15, 0.2) is 24.3 Å². The molecule has 1 fully saturated rings. The van der Waals surface area contributed by atoms with Gasteiger partial charge < -0.3 is 19.7 Å². The van der Waals surface area contributed by atoms with Gasteiger partial charge >= 0.3 is 5.97 Å². The summed E-state index contributed by atoms with van der Waals surface area (Å²) >= 11 is 1.21. The van der Waals surface area contributed by atoms with E-state index in [1.54, 1.807) is 24.3 Å². The molecule has 1 aliphatic rings. The molecule has 29 heavy (non-hydrogen) atoms. The Morgan fingerprint density at radius 3 is 2.45 bits per heavy atom. The maximum Gasteiger partial charge on any atom is 0.316 e. The van der Waals surface area contributed by atoms with E-state index < -0.39 is 11.9 Å². The summed E-state index contributed by atoms with van der Waals surface area (Å²) in [5.74, 6) is 0.104. The van der Waals surface area contributed by atoms with Crippen LogP contribution in [0.4, 0.5) is 5.69 Å². The molecule has 0 saturated heterocycles. The van der Waals surface area contributed by atoms with Gasteiger partial charge in [-0.05, 0) is 44.0 Å². The first-order valence-electron chi connectivity index (χ1n) is 10.0. The number of thioether (sulfide) groups is 1. The number of ether oxygens (including phenoxy) is 2. The Morgan fingerprint density at radius 2 is 1.79 bits per heavy atom. The topological polar surface area (TPSA) is 84.9 Å². The molecular formula is C21H30N2O5S. The summed E-state index contributed by atoms with van der Waals surface area (Å²) in [6.45, 7) is 2.11. The molecule has 0 aliphatic heterocycles. The summed E-state index contributed by atoms with van der Waals surface area (Å²) in [5.41, 5.74) is 0.597. The number of hydrogen-bond donors (Lipinski definition) is 1. The van der Waals surface area contributed by atoms with Crippen molar-refractivity contribution >= 4 is 35.2 Å². The summed E-state index contributed by atoms with van der Waals surface area (Å²) in [6.07, 6.45) is 5.68. The van der Waals surface area contributed by atoms with Gasteiger partial charge in [0.1, 0.15) is 5.75 Å². The fourth-order valence-electron chi connectivity index (χ4n) is 3.18. The fraction of sp³-hybridized carbons (Fsp3) is 0.571. The van der Waals surface area contributed by atoms with Crippen molar-refractivity contribution in [1.29, 1.82) is 0 Å². The van der Waals surface area contributed by atoms with Gasteiger partial charge in [-0.3, -0.25) is 14.4 Å². The third kappa shape index (κ3) is 8.35. The lowest BCUT2D eigenvalue weighted by atomic mass is 9.94. The molecule has 0 atom stereocenters. The van der Waals surface area contributed by atoms with Crippen LogP contribution >= 0.6 is 11.8 Å². The minimum atomic E-state index is -0.509. The molecule has 0 radical (unpaired) electrons. The normalized spacial score (nSPS) is 14.1. The van der Waals surface area contributed by atoms with Crippen LogP contribution < -0.4 is 10.1 Å². The van der Waals surface area contributed by atoms with Gasteiger partial charge in [0.15, 0.2) is 6.61 Å². The molecule has 1 aromatic rings. The van der Waals surface area contributed by atoms with Crippen molar-refractivity contribution < 1.29 is 23.9 Å². The van der Waals surface area contributed by atoms with Gasteiger partial charge in [-0.1, -0.05) is 19.3 Å². The predicted octanol–water partition coefficient (Wildman–Crippen LogP) is 3.09. The van der Waals surface area contributed by atoms with Gasteiger partial charge in [0.2, 0.25) is 5.91 Å². The highest BCUT2D eigenvalue weighted by Gasteiger charge is 2.22. The van der Waals surface area contributed by atoms with Crippen LogP contribution in [0.2, 0.25) is 0 Å². The van der Waals surface area contributed by atoms with Gasteiger partial charge in [0.05, 0.1) is 18.1 Å². The zero-order valence-corrected chi connectivity index (χ0v) is 18.0. The quantitative estimate of drug-likeness (QED) is 0.583. The number of benzene rings is 1. The molecule has 0 unspecified atom stereocenters. The van der Waals surface area contributed by atoms with Crippen LogP contribution in [0.25, 0.3) is 0 Å². The van der Waals surface area contributed by atoms with Crippen LogP contribution in [-0.2, 0) is 19.1 Å². The van der Waals surface area contributed by atoms with Crippen molar-refractivity contribution in [1.82, 2.24) is 4.90 Å². The number of anilines is 1. The molecule has 0 aromatic heterocycles. The van der Waals surface area contributed by atoms with Crippen molar-refractivity contribution in [2.24, 2.45) is 0 Å². The molecule has 1 N–H and O–H groups in total. The zero-order chi connectivity index (χ0) is 21.1. The smallest absolute Gasteiger partial charge is 0.316 e. The second-order valence-corrected chi connectivity index (χ2v) is 7.94. The van der Waals surface area contributed by atoms with Gasteiger partial charge in [-0.15, -0.1) is 11.8 Å². The molecule has 8 heteroatoms. The molecule has 0 bridgehead atoms. The van der Waals surface area contributed by atoms with E-state index >= 15 is 0 Å². The SMILES string of the molecule is CCOc1ccc(NC(=O)COC(=O)CSCC(=O)N(C)C2CCCCC2)cc1. The molecule has 160 valence electrons. The Bertz CT molecular complexity index is 674. The number of hydrogen-bond acceptors (Lipinski definition) is 6. The van der Waals surface area contributed by atoms with E-state index in [9.17, 15) is 14.4 Å². The first-order valence-corrected chi connectivity index (χ1v) is 11.2. The summed E-state index contributed by atoms with van der Waals surface area (Å²) in [6, 6.07) is 7.26. The number of rotatable bonds is 10. The second kappa shape index (κ2) is 12.4. The lowest BCUT2D eigenvalue weighted by molar-refractivity contribution is -0.144. The van der Waals surface area contributed by atoms with E-state index in [2.05, 4.69) is 5.32 Å². The molecule has 1 aromatic carbocycles. The Balaban J connectivity index is 1.61. The summed E-state index contributed by atoms with van der Waals surface area (Å²) in [5, 5.41) is 2.65. The maximum absolute atomic E-state index is 12.2. The highest BCUT2D eigenvalue weighted by molar-refractivity contribution is 8.00. The summed E-state index contributed by atoms with van der Waals surface area (Å²) in [7, 11) is 1.84. The van der Waals surface area contributed by atoms with Gasteiger partial charge in [0.25, 0.3) is 5.91 Å². The highest BCUT2D eigenvalue weighted by Crippen LogP contribution is 2.22. The third-order valence-corrected chi connectivity index (χ3v) is 5.67. The van der Waals surface area contributed by atoms with Gasteiger partial charge in [0, 0.05) is 18.8 Å². The standard InChI is InChI=1S/C21H30N2O5S/c1-3-27-18-11-9-16(10-12-18)22-19(24)13-28-21(26)15-29-14-20(25)23(2)17-7-5-4-6-8-17/h9-12,17H,3-8,13-15H2,1-2H3,(H,22,24). The average molecular weight is 423 g/mol. The van der Waals surface area contributed by atoms with Crippen molar-refractivity contribution in [3.63, 3.8) is 0 Å². The molecule has 2 amide bonds. The average Bonchev–Trinajstić information content (AvgIpc) is 2.74. The lowest BCUT2D eigenvalue weighted by Gasteiger charge is -2.31. The Morgan fingerprint density at radius 1 is 1.10 bits per heavy atom. The Kier molecular flexibility index (Phi) is 9.83. The molecule has 1 aliphatic carbocycles. The molecule has 1 saturated carbocycles. The van der Waals surface area contributed by atoms with Crippen LogP contribution in [0, 0.1) is 0 Å². The number of carbonyl (C=O) groups excluding carboxylic acids is 3. The second-order valence-electron chi connectivity index (χ2n) is 6.96. The van der Waals surface area contributed by atoms with Crippen molar-refractivity contribution in [3.8, 4) is 5.75 Å². The largest absolute Gasteiger partial charge is 0.494 e. The first-order chi connectivity index (χ1) is 14.0. The molecular weight excluding hydrogens is 392 g/mol. The maximum atomic E-state index is 12.2. The van der Waals surface area contributed by atoms with E-state index in [0.29, 0.717) is 18.3 Å². The monoisotopic (exact) mass is 422 g/mol. The van der Waals surface area contributed by atoms with Crippen LogP contribution in [0.5, 0.6) is 5.75 Å². The van der Waals surface area contributed by atoms with E-state index in [-0.39, 0.29) is 24.0 Å². The Hall–Kier alpha value is -2.22. The Labute approximate surface area is 176 Å². The molecule has 0 heterocycles. The number of nitrogens with one attached hydrogen (secondary N) is 1. The van der Waals surface area contributed by atoms with Crippen LogP contribution in [0.3, 0.4) is 0 Å². The number of amides is 2. The van der Waals surface area contributed by atoms with Crippen molar-refractivity contribution in [2.75, 3.05) is 37.1 Å². The van der Waals surface area contributed by atoms with Crippen molar-refractivity contribution in [3.05, 3.63) is 24.3 Å². The van der Waals surface area contributed by atoms with E-state index in [1.165, 1.54) is 31.0 Å². The first kappa shape index (κ1) is 23.1. The van der Waals surface area contributed by atoms with E-state index in [0.717, 1.165) is 18.6 Å². The van der Waals surface area contributed by atoms with Crippen molar-refractivity contribution in [2.45, 2.75) is 45.1 Å². The van der Waals surface area contributed by atoms with E-state index in [4.69, 9.17) is 9.47 Å². The predicted molar refractivity (Wildman–Crippen MR) is 114 cm³/mol. The summed E-state index contributed by atoms with van der Waals surface area (Å²) in [4.78, 5) is 37.7. The fourth-order valence-corrected chi connectivity index (χ4v) is 3.91. The van der Waals surface area contributed by atoms with E-state index in [1.807, 2.05) is 18.9 Å². The third-order valence-electron chi connectivity index (χ3n) is 4.77. The van der Waals surface area contributed by atoms with Crippen LogP contribution in [0.1, 0.15) is 39.0 Å². The lowest BCUT2D eigenvalue weighted by Crippen LogP contribution is -2.39.